The van der Waals surface area contributed by atoms with Crippen LogP contribution in [-0.2, 0) is 6.54 Å². The van der Waals surface area contributed by atoms with E-state index >= 15 is 0 Å². The van der Waals surface area contributed by atoms with Gasteiger partial charge in [-0.2, -0.15) is 0 Å². The average Bonchev–Trinajstić information content (AvgIpc) is 3.11. The van der Waals surface area contributed by atoms with Crippen molar-refractivity contribution < 1.29 is 0 Å². The summed E-state index contributed by atoms with van der Waals surface area (Å²) in [5.41, 5.74) is 5.38. The number of imidazole rings is 1. The van der Waals surface area contributed by atoms with Crippen molar-refractivity contribution in [2.45, 2.75) is 6.54 Å². The molecule has 5 nitrogen and oxygen atoms in total. The van der Waals surface area contributed by atoms with E-state index in [-0.39, 0.29) is 0 Å². The molecule has 0 saturated carbocycles. The largest absolute Gasteiger partial charge is 0.346 e. The van der Waals surface area contributed by atoms with Gasteiger partial charge >= 0.3 is 0 Å². The second-order valence-electron chi connectivity index (χ2n) is 5.74. The summed E-state index contributed by atoms with van der Waals surface area (Å²) in [7, 11) is 4.13. The Balaban J connectivity index is 1.88. The first-order valence-electron chi connectivity index (χ1n) is 7.25. The van der Waals surface area contributed by atoms with Crippen LogP contribution in [0, 0.1) is 0 Å². The molecule has 4 aromatic heterocycles. The zero-order valence-electron chi connectivity index (χ0n) is 12.6. The van der Waals surface area contributed by atoms with Gasteiger partial charge in [0.05, 0.1) is 11.9 Å². The third kappa shape index (κ3) is 2.07. The van der Waals surface area contributed by atoms with Crippen molar-refractivity contribution >= 4 is 16.7 Å². The van der Waals surface area contributed by atoms with Crippen LogP contribution in [0.25, 0.3) is 27.8 Å². The number of H-pyrrole nitrogens is 1. The summed E-state index contributed by atoms with van der Waals surface area (Å²) in [6.45, 7) is 0.861. The third-order valence-corrected chi connectivity index (χ3v) is 3.82. The zero-order chi connectivity index (χ0) is 15.1. The number of rotatable bonds is 3. The highest BCUT2D eigenvalue weighted by atomic mass is 15.1. The molecule has 4 heterocycles. The van der Waals surface area contributed by atoms with Gasteiger partial charge in [-0.25, -0.2) is 9.97 Å². The van der Waals surface area contributed by atoms with Crippen molar-refractivity contribution in [3.63, 3.8) is 0 Å². The van der Waals surface area contributed by atoms with Crippen molar-refractivity contribution in [1.82, 2.24) is 24.3 Å². The van der Waals surface area contributed by atoms with Gasteiger partial charge in [-0.3, -0.25) is 0 Å². The van der Waals surface area contributed by atoms with E-state index in [1.807, 2.05) is 18.5 Å². The summed E-state index contributed by atoms with van der Waals surface area (Å²) in [5, 5.41) is 1.14. The van der Waals surface area contributed by atoms with E-state index in [1.54, 1.807) is 6.20 Å². The van der Waals surface area contributed by atoms with Crippen LogP contribution in [0.15, 0.2) is 49.1 Å². The Morgan fingerprint density at radius 1 is 1.18 bits per heavy atom. The standard InChI is InChI=1S/C17H17N5/c1-21(2)11-13-8-19-16-6-5-12(10-22(13)16)15-9-20-17-14(15)4-3-7-18-17/h3-10H,11H2,1-2H3,(H,18,20). The Labute approximate surface area is 128 Å². The van der Waals surface area contributed by atoms with E-state index in [9.17, 15) is 0 Å². The smallest absolute Gasteiger partial charge is 0.137 e. The van der Waals surface area contributed by atoms with Crippen LogP contribution < -0.4 is 0 Å². The fraction of sp³-hybridized carbons (Fsp3) is 0.176. The second kappa shape index (κ2) is 4.96. The van der Waals surface area contributed by atoms with Crippen LogP contribution in [0.5, 0.6) is 0 Å². The zero-order valence-corrected chi connectivity index (χ0v) is 12.6. The SMILES string of the molecule is CN(C)Cc1cnc2ccc(-c3c[nH]c4ncccc34)cn12. The van der Waals surface area contributed by atoms with Crippen LogP contribution >= 0.6 is 0 Å². The molecule has 0 amide bonds. The lowest BCUT2D eigenvalue weighted by Crippen LogP contribution is -2.12. The van der Waals surface area contributed by atoms with E-state index < -0.39 is 0 Å². The second-order valence-corrected chi connectivity index (χ2v) is 5.74. The number of aromatic nitrogens is 4. The predicted octanol–water partition coefficient (Wildman–Crippen LogP) is 2.94. The Morgan fingerprint density at radius 3 is 2.95 bits per heavy atom. The molecule has 0 unspecified atom stereocenters. The molecule has 0 aliphatic carbocycles. The summed E-state index contributed by atoms with van der Waals surface area (Å²) in [5.74, 6) is 0. The number of aromatic amines is 1. The van der Waals surface area contributed by atoms with Gasteiger partial charge in [-0.05, 0) is 38.4 Å². The lowest BCUT2D eigenvalue weighted by Gasteiger charge is -2.09. The molecule has 4 aromatic rings. The number of nitrogens with zero attached hydrogens (tertiary/aromatic N) is 4. The van der Waals surface area contributed by atoms with Crippen molar-refractivity contribution in [2.75, 3.05) is 14.1 Å². The molecule has 4 rings (SSSR count). The molecule has 110 valence electrons. The van der Waals surface area contributed by atoms with Crippen molar-refractivity contribution in [3.8, 4) is 11.1 Å². The minimum absolute atomic E-state index is 0.861. The molecular weight excluding hydrogens is 274 g/mol. The monoisotopic (exact) mass is 291 g/mol. The summed E-state index contributed by atoms with van der Waals surface area (Å²) < 4.78 is 2.16. The van der Waals surface area contributed by atoms with E-state index in [2.05, 4.69) is 62.7 Å². The predicted molar refractivity (Wildman–Crippen MR) is 87.7 cm³/mol. The van der Waals surface area contributed by atoms with Gasteiger partial charge in [0.2, 0.25) is 0 Å². The van der Waals surface area contributed by atoms with Crippen LogP contribution in [0.2, 0.25) is 0 Å². The highest BCUT2D eigenvalue weighted by molar-refractivity contribution is 5.93. The summed E-state index contributed by atoms with van der Waals surface area (Å²) in [6.07, 6.45) is 7.91. The number of pyridine rings is 2. The molecule has 0 radical (unpaired) electrons. The molecule has 0 aliphatic heterocycles. The van der Waals surface area contributed by atoms with Crippen LogP contribution in [0.4, 0.5) is 0 Å². The normalized spacial score (nSPS) is 11.8. The maximum absolute atomic E-state index is 4.47. The maximum Gasteiger partial charge on any atom is 0.137 e. The van der Waals surface area contributed by atoms with Gasteiger partial charge in [0.25, 0.3) is 0 Å². The first kappa shape index (κ1) is 13.0. The number of hydrogen-bond donors (Lipinski definition) is 1. The summed E-state index contributed by atoms with van der Waals surface area (Å²) in [4.78, 5) is 14.2. The first-order valence-corrected chi connectivity index (χ1v) is 7.25. The molecule has 1 N–H and O–H groups in total. The lowest BCUT2D eigenvalue weighted by molar-refractivity contribution is 0.395. The number of hydrogen-bond acceptors (Lipinski definition) is 3. The average molecular weight is 291 g/mol. The summed E-state index contributed by atoms with van der Waals surface area (Å²) >= 11 is 0. The van der Waals surface area contributed by atoms with Gasteiger partial charge in [-0.1, -0.05) is 0 Å². The highest BCUT2D eigenvalue weighted by Gasteiger charge is 2.09. The molecule has 0 aromatic carbocycles. The first-order chi connectivity index (χ1) is 10.7. The number of nitrogens with one attached hydrogen (secondary N) is 1. The van der Waals surface area contributed by atoms with Crippen LogP contribution in [0.3, 0.4) is 0 Å². The fourth-order valence-electron chi connectivity index (χ4n) is 2.83. The third-order valence-electron chi connectivity index (χ3n) is 3.82. The fourth-order valence-corrected chi connectivity index (χ4v) is 2.83. The molecule has 0 fully saturated rings. The molecular formula is C17H17N5. The maximum atomic E-state index is 4.47. The molecule has 0 atom stereocenters. The molecule has 0 saturated heterocycles. The quantitative estimate of drug-likeness (QED) is 0.631. The van der Waals surface area contributed by atoms with Gasteiger partial charge in [0.1, 0.15) is 11.3 Å². The molecule has 0 bridgehead atoms. The van der Waals surface area contributed by atoms with Crippen molar-refractivity contribution in [2.24, 2.45) is 0 Å². The van der Waals surface area contributed by atoms with Crippen molar-refractivity contribution in [3.05, 3.63) is 54.7 Å². The van der Waals surface area contributed by atoms with E-state index in [0.717, 1.165) is 34.4 Å². The molecule has 5 heteroatoms. The van der Waals surface area contributed by atoms with Gasteiger partial charge in [-0.15, -0.1) is 0 Å². The molecule has 22 heavy (non-hydrogen) atoms. The Kier molecular flexibility index (Phi) is 2.94. The molecule has 0 aliphatic rings. The minimum atomic E-state index is 0.861. The molecule has 0 spiro atoms. The van der Waals surface area contributed by atoms with E-state index in [0.29, 0.717) is 0 Å². The van der Waals surface area contributed by atoms with E-state index in [4.69, 9.17) is 0 Å². The Bertz CT molecular complexity index is 948. The van der Waals surface area contributed by atoms with Crippen LogP contribution in [0.1, 0.15) is 5.69 Å². The highest BCUT2D eigenvalue weighted by Crippen LogP contribution is 2.28. The summed E-state index contributed by atoms with van der Waals surface area (Å²) in [6, 6.07) is 8.22. The Hall–Kier alpha value is -2.66. The Morgan fingerprint density at radius 2 is 2.09 bits per heavy atom. The van der Waals surface area contributed by atoms with Gasteiger partial charge < -0.3 is 14.3 Å². The van der Waals surface area contributed by atoms with Gasteiger partial charge in [0, 0.05) is 41.6 Å². The number of fused-ring (bicyclic) bond motifs is 2. The minimum Gasteiger partial charge on any atom is -0.346 e. The van der Waals surface area contributed by atoms with Crippen molar-refractivity contribution in [1.29, 1.82) is 0 Å². The lowest BCUT2D eigenvalue weighted by atomic mass is 10.1. The van der Waals surface area contributed by atoms with Gasteiger partial charge in [0.15, 0.2) is 0 Å². The topological polar surface area (TPSA) is 49.2 Å². The van der Waals surface area contributed by atoms with Crippen LogP contribution in [-0.4, -0.2) is 38.3 Å². The van der Waals surface area contributed by atoms with E-state index in [1.165, 1.54) is 5.69 Å².